The molecule has 0 fully saturated rings. The number of hydrogen-bond donors (Lipinski definition) is 0. The summed E-state index contributed by atoms with van der Waals surface area (Å²) < 4.78 is 0. The maximum Gasteiger partial charge on any atom is -0.00883 e. The third kappa shape index (κ3) is 2.23. The van der Waals surface area contributed by atoms with Crippen LogP contribution in [0.3, 0.4) is 0 Å². The van der Waals surface area contributed by atoms with Gasteiger partial charge in [-0.15, -0.1) is 0 Å². The van der Waals surface area contributed by atoms with Crippen LogP contribution >= 0.6 is 0 Å². The molecular formula is C12H19. The van der Waals surface area contributed by atoms with Crippen molar-refractivity contribution in [3.63, 3.8) is 0 Å². The van der Waals surface area contributed by atoms with Crippen molar-refractivity contribution in [3.05, 3.63) is 23.8 Å². The molecule has 0 atom stereocenters. The highest BCUT2D eigenvalue weighted by molar-refractivity contribution is 5.28. The molecule has 1 aliphatic rings. The van der Waals surface area contributed by atoms with Crippen LogP contribution in [0.5, 0.6) is 0 Å². The van der Waals surface area contributed by atoms with Gasteiger partial charge in [0.25, 0.3) is 0 Å². The summed E-state index contributed by atoms with van der Waals surface area (Å²) >= 11 is 0. The summed E-state index contributed by atoms with van der Waals surface area (Å²) in [5.41, 5.74) is 1.72. The first-order chi connectivity index (χ1) is 5.52. The van der Waals surface area contributed by atoms with Crippen LogP contribution in [-0.4, -0.2) is 0 Å². The number of rotatable bonds is 3. The van der Waals surface area contributed by atoms with E-state index in [0.29, 0.717) is 5.41 Å². The molecule has 0 heterocycles. The van der Waals surface area contributed by atoms with E-state index in [1.54, 1.807) is 0 Å². The Labute approximate surface area is 76.4 Å². The van der Waals surface area contributed by atoms with Crippen molar-refractivity contribution >= 4 is 0 Å². The van der Waals surface area contributed by atoms with Crippen LogP contribution in [0.2, 0.25) is 0 Å². The van der Waals surface area contributed by atoms with Gasteiger partial charge in [0.05, 0.1) is 0 Å². The standard InChI is InChI=1S/C12H19/c1-10(2)9-12(3,4)11-7-5-6-8-11/h5,7,10H,6,9H2,1-4H3. The van der Waals surface area contributed by atoms with Gasteiger partial charge in [0.2, 0.25) is 0 Å². The molecule has 0 heteroatoms. The molecule has 12 heavy (non-hydrogen) atoms. The van der Waals surface area contributed by atoms with Crippen LogP contribution in [0.15, 0.2) is 17.7 Å². The summed E-state index contributed by atoms with van der Waals surface area (Å²) in [6, 6.07) is 0. The SMILES string of the molecule is CC(C)CC(C)(C)C1=[C]CC=C1. The maximum atomic E-state index is 3.41. The van der Waals surface area contributed by atoms with E-state index >= 15 is 0 Å². The molecule has 67 valence electrons. The van der Waals surface area contributed by atoms with Crippen molar-refractivity contribution in [2.24, 2.45) is 11.3 Å². The van der Waals surface area contributed by atoms with E-state index in [4.69, 9.17) is 0 Å². The lowest BCUT2D eigenvalue weighted by Crippen LogP contribution is -2.15. The molecule has 0 bridgehead atoms. The number of hydrogen-bond acceptors (Lipinski definition) is 0. The lowest BCUT2D eigenvalue weighted by Gasteiger charge is -2.27. The summed E-state index contributed by atoms with van der Waals surface area (Å²) in [6.45, 7) is 9.18. The second-order valence-corrected chi connectivity index (χ2v) is 4.68. The highest BCUT2D eigenvalue weighted by Gasteiger charge is 2.23. The molecule has 0 spiro atoms. The van der Waals surface area contributed by atoms with Gasteiger partial charge in [-0.05, 0) is 35.8 Å². The maximum absolute atomic E-state index is 3.41. The van der Waals surface area contributed by atoms with Gasteiger partial charge >= 0.3 is 0 Å². The highest BCUT2D eigenvalue weighted by atomic mass is 14.3. The summed E-state index contributed by atoms with van der Waals surface area (Å²) in [7, 11) is 0. The first-order valence-corrected chi connectivity index (χ1v) is 4.80. The van der Waals surface area contributed by atoms with Crippen molar-refractivity contribution in [2.45, 2.75) is 40.5 Å². The van der Waals surface area contributed by atoms with Gasteiger partial charge in [0, 0.05) is 0 Å². The number of allylic oxidation sites excluding steroid dienone is 4. The van der Waals surface area contributed by atoms with E-state index in [1.807, 2.05) is 0 Å². The third-order valence-electron chi connectivity index (χ3n) is 2.34. The van der Waals surface area contributed by atoms with E-state index in [9.17, 15) is 0 Å². The molecule has 0 unspecified atom stereocenters. The van der Waals surface area contributed by atoms with E-state index in [0.717, 1.165) is 12.3 Å². The molecule has 0 aromatic heterocycles. The van der Waals surface area contributed by atoms with Crippen LogP contribution in [0.1, 0.15) is 40.5 Å². The van der Waals surface area contributed by atoms with Gasteiger partial charge in [-0.3, -0.25) is 0 Å². The van der Waals surface area contributed by atoms with E-state index in [2.05, 4.69) is 45.9 Å². The fourth-order valence-corrected chi connectivity index (χ4v) is 2.00. The molecule has 0 aromatic rings. The first-order valence-electron chi connectivity index (χ1n) is 4.80. The lowest BCUT2D eigenvalue weighted by atomic mass is 9.78. The predicted molar refractivity (Wildman–Crippen MR) is 53.7 cm³/mol. The van der Waals surface area contributed by atoms with Gasteiger partial charge in [0.1, 0.15) is 0 Å². The average Bonchev–Trinajstić information content (AvgIpc) is 2.32. The smallest absolute Gasteiger partial charge is 0.00883 e. The Morgan fingerprint density at radius 2 is 2.17 bits per heavy atom. The zero-order valence-electron chi connectivity index (χ0n) is 8.65. The largest absolute Gasteiger partial charge is 0.0798 e. The Morgan fingerprint density at radius 3 is 2.58 bits per heavy atom. The fourth-order valence-electron chi connectivity index (χ4n) is 2.00. The van der Waals surface area contributed by atoms with Gasteiger partial charge in [0.15, 0.2) is 0 Å². The average molecular weight is 163 g/mol. The molecule has 0 saturated heterocycles. The zero-order chi connectivity index (χ0) is 9.19. The van der Waals surface area contributed by atoms with Crippen molar-refractivity contribution in [2.75, 3.05) is 0 Å². The summed E-state index contributed by atoms with van der Waals surface area (Å²) in [5, 5.41) is 0. The molecule has 0 nitrogen and oxygen atoms in total. The molecule has 0 N–H and O–H groups in total. The van der Waals surface area contributed by atoms with Crippen LogP contribution in [-0.2, 0) is 0 Å². The van der Waals surface area contributed by atoms with Crippen LogP contribution in [0, 0.1) is 17.4 Å². The van der Waals surface area contributed by atoms with Gasteiger partial charge in [-0.1, -0.05) is 39.8 Å². The molecule has 1 rings (SSSR count). The summed E-state index contributed by atoms with van der Waals surface area (Å²) in [4.78, 5) is 0. The van der Waals surface area contributed by atoms with E-state index in [1.165, 1.54) is 12.0 Å². The minimum atomic E-state index is 0.321. The Bertz CT molecular complexity index is 204. The summed E-state index contributed by atoms with van der Waals surface area (Å²) in [6.07, 6.45) is 10.1. The van der Waals surface area contributed by atoms with Crippen molar-refractivity contribution in [1.82, 2.24) is 0 Å². The van der Waals surface area contributed by atoms with Crippen LogP contribution < -0.4 is 0 Å². The normalized spacial score (nSPS) is 17.2. The topological polar surface area (TPSA) is 0 Å². The predicted octanol–water partition coefficient (Wildman–Crippen LogP) is 3.75. The first kappa shape index (κ1) is 9.57. The molecule has 0 aromatic carbocycles. The van der Waals surface area contributed by atoms with E-state index < -0.39 is 0 Å². The monoisotopic (exact) mass is 163 g/mol. The zero-order valence-corrected chi connectivity index (χ0v) is 8.65. The Balaban J connectivity index is 2.64. The van der Waals surface area contributed by atoms with E-state index in [-0.39, 0.29) is 0 Å². The molecule has 1 aliphatic carbocycles. The minimum absolute atomic E-state index is 0.321. The second-order valence-electron chi connectivity index (χ2n) is 4.68. The minimum Gasteiger partial charge on any atom is -0.0798 e. The van der Waals surface area contributed by atoms with Gasteiger partial charge < -0.3 is 0 Å². The van der Waals surface area contributed by atoms with Crippen LogP contribution in [0.4, 0.5) is 0 Å². The Morgan fingerprint density at radius 1 is 1.50 bits per heavy atom. The highest BCUT2D eigenvalue weighted by Crippen LogP contribution is 2.35. The van der Waals surface area contributed by atoms with Gasteiger partial charge in [-0.25, -0.2) is 0 Å². The summed E-state index contributed by atoms with van der Waals surface area (Å²) in [5.74, 6) is 0.767. The molecular weight excluding hydrogens is 144 g/mol. The molecule has 1 radical (unpaired) electrons. The van der Waals surface area contributed by atoms with Crippen LogP contribution in [0.25, 0.3) is 0 Å². The van der Waals surface area contributed by atoms with Crippen molar-refractivity contribution < 1.29 is 0 Å². The molecule has 0 saturated carbocycles. The van der Waals surface area contributed by atoms with Gasteiger partial charge in [-0.2, -0.15) is 0 Å². The third-order valence-corrected chi connectivity index (χ3v) is 2.34. The quantitative estimate of drug-likeness (QED) is 0.594. The van der Waals surface area contributed by atoms with Crippen molar-refractivity contribution in [1.29, 1.82) is 0 Å². The molecule has 0 amide bonds. The Hall–Kier alpha value is -0.520. The Kier molecular flexibility index (Phi) is 2.76. The van der Waals surface area contributed by atoms with Crippen molar-refractivity contribution in [3.8, 4) is 0 Å². The molecule has 0 aliphatic heterocycles. The fraction of sp³-hybridized carbons (Fsp3) is 0.667. The second kappa shape index (κ2) is 3.47. The lowest BCUT2D eigenvalue weighted by molar-refractivity contribution is 0.351.